The monoisotopic (exact) mass is 330 g/mol. The van der Waals surface area contributed by atoms with Crippen LogP contribution in [0.15, 0.2) is 24.3 Å². The lowest BCUT2D eigenvalue weighted by Crippen LogP contribution is -2.47. The Morgan fingerprint density at radius 2 is 1.96 bits per heavy atom. The highest BCUT2D eigenvalue weighted by Crippen LogP contribution is 2.25. The number of hydrogen-bond donors (Lipinski definition) is 2. The van der Waals surface area contributed by atoms with E-state index in [9.17, 15) is 4.79 Å². The maximum Gasteiger partial charge on any atom is 0.306 e. The van der Waals surface area contributed by atoms with E-state index in [4.69, 9.17) is 5.11 Å². The Kier molecular flexibility index (Phi) is 5.90. The fourth-order valence-corrected chi connectivity index (χ4v) is 4.21. The third kappa shape index (κ3) is 4.17. The number of carboxylic acid groups (broad SMARTS) is 1. The van der Waals surface area contributed by atoms with Gasteiger partial charge in [0.15, 0.2) is 0 Å². The maximum absolute atomic E-state index is 11.1. The molecule has 3 rings (SSSR count). The minimum absolute atomic E-state index is 0.122. The molecule has 0 radical (unpaired) electrons. The molecule has 24 heavy (non-hydrogen) atoms. The van der Waals surface area contributed by atoms with Crippen molar-refractivity contribution >= 4 is 5.97 Å². The second kappa shape index (κ2) is 8.13. The summed E-state index contributed by atoms with van der Waals surface area (Å²) in [6.07, 6.45) is 5.93. The molecule has 2 N–H and O–H groups in total. The van der Waals surface area contributed by atoms with E-state index in [0.717, 1.165) is 58.2 Å². The molecule has 0 aromatic heterocycles. The summed E-state index contributed by atoms with van der Waals surface area (Å²) < 4.78 is 0. The van der Waals surface area contributed by atoms with Gasteiger partial charge in [-0.05, 0) is 49.7 Å². The molecule has 1 aromatic carbocycles. The number of benzene rings is 1. The van der Waals surface area contributed by atoms with E-state index in [0.29, 0.717) is 12.1 Å². The first kappa shape index (κ1) is 17.4. The molecule has 1 atom stereocenters. The second-order valence-electron chi connectivity index (χ2n) is 7.35. The number of rotatable bonds is 6. The molecule has 1 aromatic rings. The molecule has 0 bridgehead atoms. The van der Waals surface area contributed by atoms with Gasteiger partial charge in [-0.1, -0.05) is 31.2 Å². The molecule has 4 nitrogen and oxygen atoms in total. The summed E-state index contributed by atoms with van der Waals surface area (Å²) >= 11 is 0. The van der Waals surface area contributed by atoms with Crippen LogP contribution in [0.1, 0.15) is 50.2 Å². The summed E-state index contributed by atoms with van der Waals surface area (Å²) in [6, 6.07) is 9.85. The number of fused-ring (bicyclic) bond motifs is 1. The smallest absolute Gasteiger partial charge is 0.306 e. The Morgan fingerprint density at radius 3 is 2.62 bits per heavy atom. The molecule has 132 valence electrons. The minimum atomic E-state index is -0.619. The van der Waals surface area contributed by atoms with Crippen LogP contribution in [0.25, 0.3) is 0 Å². The zero-order valence-corrected chi connectivity index (χ0v) is 14.7. The molecule has 1 saturated carbocycles. The van der Waals surface area contributed by atoms with Gasteiger partial charge in [0.1, 0.15) is 0 Å². The summed E-state index contributed by atoms with van der Waals surface area (Å²) in [5, 5.41) is 12.8. The van der Waals surface area contributed by atoms with E-state index in [1.807, 2.05) is 0 Å². The number of hydrogen-bond acceptors (Lipinski definition) is 3. The van der Waals surface area contributed by atoms with Gasteiger partial charge in [-0.15, -0.1) is 0 Å². The highest BCUT2D eigenvalue weighted by Gasteiger charge is 2.27. The number of nitrogens with zero attached hydrogens (tertiary/aromatic N) is 1. The van der Waals surface area contributed by atoms with Crippen LogP contribution in [0.5, 0.6) is 0 Å². The highest BCUT2D eigenvalue weighted by molar-refractivity contribution is 5.70. The molecular weight excluding hydrogens is 300 g/mol. The number of carboxylic acids is 1. The third-order valence-electron chi connectivity index (χ3n) is 5.87. The topological polar surface area (TPSA) is 52.6 Å². The van der Waals surface area contributed by atoms with Crippen molar-refractivity contribution < 1.29 is 9.90 Å². The first-order chi connectivity index (χ1) is 11.7. The van der Waals surface area contributed by atoms with Gasteiger partial charge in [-0.2, -0.15) is 0 Å². The van der Waals surface area contributed by atoms with E-state index in [-0.39, 0.29) is 5.92 Å². The van der Waals surface area contributed by atoms with Gasteiger partial charge in [-0.25, -0.2) is 0 Å². The average molecular weight is 330 g/mol. The summed E-state index contributed by atoms with van der Waals surface area (Å²) in [6.45, 7) is 5.49. The Labute approximate surface area is 145 Å². The Bertz CT molecular complexity index is 552. The fraction of sp³-hybridized carbons (Fsp3) is 0.650. The van der Waals surface area contributed by atoms with E-state index in [1.54, 1.807) is 0 Å². The van der Waals surface area contributed by atoms with Crippen molar-refractivity contribution in [2.45, 2.75) is 64.1 Å². The van der Waals surface area contributed by atoms with E-state index in [2.05, 4.69) is 41.4 Å². The molecule has 0 spiro atoms. The molecule has 1 unspecified atom stereocenters. The van der Waals surface area contributed by atoms with Crippen LogP contribution in [0.3, 0.4) is 0 Å². The molecule has 0 saturated heterocycles. The Balaban J connectivity index is 1.48. The van der Waals surface area contributed by atoms with Crippen LogP contribution < -0.4 is 5.32 Å². The standard InChI is InChI=1S/C20H30N2O2/c1-2-19(13-21-18-9-7-16(8-10-18)20(23)24)22-12-11-15-5-3-4-6-17(15)14-22/h3-6,16,18-19,21H,2,7-14H2,1H3,(H,23,24). The number of carbonyl (C=O) groups is 1. The Morgan fingerprint density at radius 1 is 1.25 bits per heavy atom. The number of aliphatic carboxylic acids is 1. The largest absolute Gasteiger partial charge is 0.481 e. The van der Waals surface area contributed by atoms with Crippen LogP contribution in [-0.2, 0) is 17.8 Å². The van der Waals surface area contributed by atoms with Crippen LogP contribution in [0, 0.1) is 5.92 Å². The minimum Gasteiger partial charge on any atom is -0.481 e. The molecule has 1 aliphatic carbocycles. The molecule has 4 heteroatoms. The lowest BCUT2D eigenvalue weighted by molar-refractivity contribution is -0.142. The molecule has 2 aliphatic rings. The van der Waals surface area contributed by atoms with Crippen molar-refractivity contribution in [3.63, 3.8) is 0 Å². The van der Waals surface area contributed by atoms with Crippen molar-refractivity contribution in [1.29, 1.82) is 0 Å². The fourth-order valence-electron chi connectivity index (χ4n) is 4.21. The van der Waals surface area contributed by atoms with Gasteiger partial charge in [-0.3, -0.25) is 9.69 Å². The quantitative estimate of drug-likeness (QED) is 0.842. The van der Waals surface area contributed by atoms with Crippen LogP contribution in [-0.4, -0.2) is 41.1 Å². The molecule has 1 heterocycles. The average Bonchev–Trinajstić information content (AvgIpc) is 2.62. The highest BCUT2D eigenvalue weighted by atomic mass is 16.4. The van der Waals surface area contributed by atoms with Crippen LogP contribution in [0.4, 0.5) is 0 Å². The molecular formula is C20H30N2O2. The van der Waals surface area contributed by atoms with Gasteiger partial charge in [0, 0.05) is 31.7 Å². The van der Waals surface area contributed by atoms with Crippen LogP contribution >= 0.6 is 0 Å². The van der Waals surface area contributed by atoms with Gasteiger partial charge in [0.05, 0.1) is 5.92 Å². The zero-order chi connectivity index (χ0) is 16.9. The van der Waals surface area contributed by atoms with Crippen molar-refractivity contribution in [3.8, 4) is 0 Å². The SMILES string of the molecule is CCC(CNC1CCC(C(=O)O)CC1)N1CCc2ccccc2C1. The predicted molar refractivity (Wildman–Crippen MR) is 96.0 cm³/mol. The summed E-state index contributed by atoms with van der Waals surface area (Å²) in [7, 11) is 0. The molecule has 0 amide bonds. The summed E-state index contributed by atoms with van der Waals surface area (Å²) in [5.41, 5.74) is 2.98. The van der Waals surface area contributed by atoms with Crippen molar-refractivity contribution in [2.24, 2.45) is 5.92 Å². The third-order valence-corrected chi connectivity index (χ3v) is 5.87. The van der Waals surface area contributed by atoms with E-state index < -0.39 is 5.97 Å². The summed E-state index contributed by atoms with van der Waals surface area (Å²) in [5.74, 6) is -0.740. The Hall–Kier alpha value is -1.39. The summed E-state index contributed by atoms with van der Waals surface area (Å²) in [4.78, 5) is 13.7. The van der Waals surface area contributed by atoms with Crippen LogP contribution in [0.2, 0.25) is 0 Å². The van der Waals surface area contributed by atoms with Crippen molar-refractivity contribution in [1.82, 2.24) is 10.2 Å². The van der Waals surface area contributed by atoms with Gasteiger partial charge in [0.2, 0.25) is 0 Å². The number of nitrogens with one attached hydrogen (secondary N) is 1. The first-order valence-corrected chi connectivity index (χ1v) is 9.44. The van der Waals surface area contributed by atoms with Gasteiger partial charge >= 0.3 is 5.97 Å². The van der Waals surface area contributed by atoms with E-state index >= 15 is 0 Å². The second-order valence-corrected chi connectivity index (χ2v) is 7.35. The van der Waals surface area contributed by atoms with Gasteiger partial charge < -0.3 is 10.4 Å². The zero-order valence-electron chi connectivity index (χ0n) is 14.7. The van der Waals surface area contributed by atoms with E-state index in [1.165, 1.54) is 11.1 Å². The molecule has 1 fully saturated rings. The molecule has 1 aliphatic heterocycles. The normalized spacial score (nSPS) is 25.9. The lowest BCUT2D eigenvalue weighted by atomic mass is 9.86. The lowest BCUT2D eigenvalue weighted by Gasteiger charge is -2.37. The van der Waals surface area contributed by atoms with Crippen molar-refractivity contribution in [3.05, 3.63) is 35.4 Å². The predicted octanol–water partition coefficient (Wildman–Crippen LogP) is 3.06. The first-order valence-electron chi connectivity index (χ1n) is 9.44. The maximum atomic E-state index is 11.1. The van der Waals surface area contributed by atoms with Crippen molar-refractivity contribution in [2.75, 3.05) is 13.1 Å². The van der Waals surface area contributed by atoms with Gasteiger partial charge in [0.25, 0.3) is 0 Å².